The molecule has 0 spiro atoms. The van der Waals surface area contributed by atoms with Crippen molar-refractivity contribution in [1.29, 1.82) is 0 Å². The van der Waals surface area contributed by atoms with Gasteiger partial charge in [-0.25, -0.2) is 0 Å². The molecule has 0 aliphatic rings. The topological polar surface area (TPSA) is 0 Å². The van der Waals surface area contributed by atoms with E-state index in [4.69, 9.17) is 0 Å². The van der Waals surface area contributed by atoms with Crippen molar-refractivity contribution in [3.05, 3.63) is 15.8 Å². The quantitative estimate of drug-likeness (QED) is 0.408. The number of rotatable bonds is 0. The molecule has 0 aliphatic heterocycles. The normalized spacial score (nSPS) is 8.25. The molecule has 0 aliphatic carbocycles. The summed E-state index contributed by atoms with van der Waals surface area (Å²) < 4.78 is 0. The Labute approximate surface area is 67.3 Å². The van der Waals surface area contributed by atoms with Crippen molar-refractivity contribution in [3.8, 4) is 0 Å². The molecule has 0 amide bonds. The second-order valence-corrected chi connectivity index (χ2v) is 4.15. The summed E-state index contributed by atoms with van der Waals surface area (Å²) in [6, 6.07) is 2.20. The summed E-state index contributed by atoms with van der Waals surface area (Å²) in [7, 11) is 3.69. The minimum absolute atomic E-state index is 0. The molecule has 0 fully saturated rings. The van der Waals surface area contributed by atoms with Gasteiger partial charge in [-0.1, -0.05) is 0 Å². The van der Waals surface area contributed by atoms with Crippen LogP contribution >= 0.6 is 20.7 Å². The summed E-state index contributed by atoms with van der Waals surface area (Å²) in [5.41, 5.74) is 0. The van der Waals surface area contributed by atoms with E-state index in [0.717, 1.165) is 0 Å². The molecule has 0 radical (unpaired) electrons. The van der Waals surface area contributed by atoms with Crippen LogP contribution in [0.25, 0.3) is 0 Å². The van der Waals surface area contributed by atoms with E-state index in [0.29, 0.717) is 0 Å². The van der Waals surface area contributed by atoms with Crippen LogP contribution in [0.1, 0.15) is 9.75 Å². The molecule has 0 N–H and O–H groups in total. The summed E-state index contributed by atoms with van der Waals surface area (Å²) in [5, 5.41) is 0. The Morgan fingerprint density at radius 1 is 1.50 bits per heavy atom. The Balaban J connectivity index is 0.000000490. The van der Waals surface area contributed by atoms with Gasteiger partial charge in [-0.2, -0.15) is 0 Å². The van der Waals surface area contributed by atoms with Gasteiger partial charge >= 0.3 is 0 Å². The highest BCUT2D eigenvalue weighted by Gasteiger charge is 2.01. The third kappa shape index (κ3) is 2.20. The highest BCUT2D eigenvalue weighted by Crippen LogP contribution is 2.18. The first-order valence-corrected chi connectivity index (χ1v) is 4.30. The monoisotopic (exact) mass is 210 g/mol. The van der Waals surface area contributed by atoms with E-state index in [9.17, 15) is 0 Å². The van der Waals surface area contributed by atoms with Crippen LogP contribution in [-0.2, 0) is 0 Å². The van der Waals surface area contributed by atoms with Crippen molar-refractivity contribution in [2.45, 2.75) is 13.8 Å². The molecule has 1 heterocycles. The van der Waals surface area contributed by atoms with Gasteiger partial charge in [-0.3, -0.25) is 0 Å². The van der Waals surface area contributed by atoms with Crippen molar-refractivity contribution in [1.82, 2.24) is 0 Å². The Bertz CT molecular complexity index is 143. The van der Waals surface area contributed by atoms with Gasteiger partial charge < -0.3 is 17.0 Å². The number of halogens is 1. The fraction of sp³-hybridized carbons (Fsp3) is 0.400. The molecule has 1 aromatic heterocycles. The maximum atomic E-state index is 2.20. The van der Waals surface area contributed by atoms with Crippen LogP contribution in [0.3, 0.4) is 0 Å². The van der Waals surface area contributed by atoms with Gasteiger partial charge in [0.1, 0.15) is 0 Å². The lowest BCUT2D eigenvalue weighted by molar-refractivity contribution is -0.00000142. The summed E-state index contributed by atoms with van der Waals surface area (Å²) >= 11 is 0. The zero-order chi connectivity index (χ0) is 5.28. The average molecular weight is 211 g/mol. The molecule has 3 heteroatoms. The SMILES string of the molecule is Cc1cc(C)[s+]s1.[Br-]. The van der Waals surface area contributed by atoms with Gasteiger partial charge in [-0.05, 0) is 6.92 Å². The Morgan fingerprint density at radius 2 is 2.12 bits per heavy atom. The van der Waals surface area contributed by atoms with Gasteiger partial charge in [-0.15, -0.1) is 0 Å². The van der Waals surface area contributed by atoms with Gasteiger partial charge in [0.05, 0.1) is 4.88 Å². The van der Waals surface area contributed by atoms with Crippen LogP contribution in [0.2, 0.25) is 0 Å². The number of hydrogen-bond donors (Lipinski definition) is 0. The van der Waals surface area contributed by atoms with E-state index < -0.39 is 0 Å². The van der Waals surface area contributed by atoms with Crippen molar-refractivity contribution < 1.29 is 17.0 Å². The second-order valence-electron chi connectivity index (χ2n) is 1.53. The number of aryl methyl sites for hydroxylation is 2. The van der Waals surface area contributed by atoms with Crippen molar-refractivity contribution in [3.63, 3.8) is 0 Å². The maximum Gasteiger partial charge on any atom is 0.294 e. The van der Waals surface area contributed by atoms with E-state index in [1.165, 1.54) is 9.75 Å². The van der Waals surface area contributed by atoms with E-state index in [1.54, 1.807) is 0 Å². The van der Waals surface area contributed by atoms with Gasteiger partial charge in [0.15, 0.2) is 10.3 Å². The van der Waals surface area contributed by atoms with Crippen LogP contribution in [0.4, 0.5) is 0 Å². The van der Waals surface area contributed by atoms with Crippen molar-refractivity contribution in [2.24, 2.45) is 0 Å². The molecule has 0 saturated carbocycles. The van der Waals surface area contributed by atoms with Crippen LogP contribution in [0.5, 0.6) is 0 Å². The van der Waals surface area contributed by atoms with Crippen molar-refractivity contribution in [2.75, 3.05) is 0 Å². The molecular formula is C5H7BrS2. The second kappa shape index (κ2) is 3.54. The largest absolute Gasteiger partial charge is 1.00 e. The zero-order valence-electron chi connectivity index (χ0n) is 4.77. The summed E-state index contributed by atoms with van der Waals surface area (Å²) in [6.45, 7) is 4.27. The molecule has 1 aromatic rings. The maximum absolute atomic E-state index is 2.20. The van der Waals surface area contributed by atoms with Crippen LogP contribution < -0.4 is 17.0 Å². The molecule has 0 nitrogen and oxygen atoms in total. The fourth-order valence-corrected chi connectivity index (χ4v) is 2.33. The highest BCUT2D eigenvalue weighted by molar-refractivity contribution is 7.69. The molecular weight excluding hydrogens is 204 g/mol. The fourth-order valence-electron chi connectivity index (χ4n) is 0.466. The van der Waals surface area contributed by atoms with Crippen molar-refractivity contribution >= 4 is 20.7 Å². The standard InChI is InChI=1S/C5H7S2.BrH/c1-4-3-5(2)7-6-4;/h3H,1-2H3;1H/q+1;/p-1. The Kier molecular flexibility index (Phi) is 3.77. The van der Waals surface area contributed by atoms with E-state index in [1.807, 2.05) is 20.7 Å². The van der Waals surface area contributed by atoms with E-state index in [2.05, 4.69) is 19.9 Å². The first-order chi connectivity index (χ1) is 3.29. The summed E-state index contributed by atoms with van der Waals surface area (Å²) in [5.74, 6) is 0. The lowest BCUT2D eigenvalue weighted by Gasteiger charge is -1.59. The Hall–Kier alpha value is 0.530. The highest BCUT2D eigenvalue weighted by atomic mass is 79.9. The first-order valence-electron chi connectivity index (χ1n) is 2.15. The molecule has 0 unspecified atom stereocenters. The third-order valence-electron chi connectivity index (χ3n) is 0.711. The molecule has 0 bridgehead atoms. The first kappa shape index (κ1) is 8.53. The minimum atomic E-state index is 0. The predicted octanol–water partition coefficient (Wildman–Crippen LogP) is -0.288. The van der Waals surface area contributed by atoms with E-state index in [-0.39, 0.29) is 17.0 Å². The molecule has 0 atom stereocenters. The molecule has 46 valence electrons. The smallest absolute Gasteiger partial charge is 0.294 e. The minimum Gasteiger partial charge on any atom is -1.00 e. The molecule has 1 rings (SSSR count). The molecule has 0 saturated heterocycles. The molecule has 8 heavy (non-hydrogen) atoms. The lowest BCUT2D eigenvalue weighted by Crippen LogP contribution is -3.00. The van der Waals surface area contributed by atoms with Gasteiger partial charge in [0, 0.05) is 13.0 Å². The lowest BCUT2D eigenvalue weighted by atomic mass is 10.5. The van der Waals surface area contributed by atoms with E-state index >= 15 is 0 Å². The third-order valence-corrected chi connectivity index (χ3v) is 3.38. The van der Waals surface area contributed by atoms with Gasteiger partial charge in [0.2, 0.25) is 4.88 Å². The predicted molar refractivity (Wildman–Crippen MR) is 36.1 cm³/mol. The van der Waals surface area contributed by atoms with Crippen LogP contribution in [0, 0.1) is 13.8 Å². The summed E-state index contributed by atoms with van der Waals surface area (Å²) in [4.78, 5) is 2.84. The summed E-state index contributed by atoms with van der Waals surface area (Å²) in [6.07, 6.45) is 0. The molecule has 0 aromatic carbocycles. The zero-order valence-corrected chi connectivity index (χ0v) is 7.99. The Morgan fingerprint density at radius 3 is 2.25 bits per heavy atom. The van der Waals surface area contributed by atoms with Gasteiger partial charge in [0.25, 0.3) is 10.3 Å². The van der Waals surface area contributed by atoms with Crippen LogP contribution in [-0.4, -0.2) is 0 Å². The average Bonchev–Trinajstić information content (AvgIpc) is 1.87. The number of hydrogen-bond acceptors (Lipinski definition) is 1. The van der Waals surface area contributed by atoms with Crippen LogP contribution in [0.15, 0.2) is 6.07 Å².